The van der Waals surface area contributed by atoms with Gasteiger partial charge in [0.1, 0.15) is 0 Å². The normalized spacial score (nSPS) is 12.8. The zero-order chi connectivity index (χ0) is 14.8. The topological polar surface area (TPSA) is 23.5 Å². The van der Waals surface area contributed by atoms with Crippen LogP contribution < -0.4 is 0 Å². The summed E-state index contributed by atoms with van der Waals surface area (Å²) in [4.78, 5) is 2.48. The van der Waals surface area contributed by atoms with Crippen LogP contribution in [0.15, 0.2) is 24.3 Å². The molecule has 3 heteroatoms. The number of nitrogens with zero attached hydrogens (tertiary/aromatic N) is 1. The lowest BCUT2D eigenvalue weighted by Gasteiger charge is -2.23. The highest BCUT2D eigenvalue weighted by Gasteiger charge is 2.10. The molecule has 0 aliphatic heterocycles. The van der Waals surface area contributed by atoms with Crippen LogP contribution >= 0.6 is 11.6 Å². The van der Waals surface area contributed by atoms with Gasteiger partial charge in [-0.2, -0.15) is 0 Å². The van der Waals surface area contributed by atoms with Crippen LogP contribution in [0.25, 0.3) is 0 Å². The van der Waals surface area contributed by atoms with E-state index in [2.05, 4.69) is 18.7 Å². The van der Waals surface area contributed by atoms with Crippen LogP contribution in [0.3, 0.4) is 0 Å². The third-order valence-electron chi connectivity index (χ3n) is 3.63. The average Bonchev–Trinajstić information content (AvgIpc) is 2.47. The van der Waals surface area contributed by atoms with E-state index in [1.807, 2.05) is 24.3 Å². The van der Waals surface area contributed by atoms with E-state index in [-0.39, 0.29) is 0 Å². The van der Waals surface area contributed by atoms with Crippen molar-refractivity contribution >= 4 is 11.6 Å². The maximum absolute atomic E-state index is 10.2. The van der Waals surface area contributed by atoms with Gasteiger partial charge in [0.15, 0.2) is 0 Å². The minimum atomic E-state index is -0.391. The molecule has 0 heterocycles. The lowest BCUT2D eigenvalue weighted by molar-refractivity contribution is 0.140. The van der Waals surface area contributed by atoms with Crippen LogP contribution in [0.2, 0.25) is 5.02 Å². The lowest BCUT2D eigenvalue weighted by Crippen LogP contribution is -2.28. The first-order chi connectivity index (χ1) is 9.67. The molecule has 20 heavy (non-hydrogen) atoms. The molecule has 114 valence electrons. The van der Waals surface area contributed by atoms with E-state index in [1.165, 1.54) is 25.7 Å². The third-order valence-corrected chi connectivity index (χ3v) is 3.88. The van der Waals surface area contributed by atoms with Gasteiger partial charge in [-0.15, -0.1) is 0 Å². The molecule has 1 unspecified atom stereocenters. The van der Waals surface area contributed by atoms with Crippen molar-refractivity contribution in [2.45, 2.75) is 52.1 Å². The van der Waals surface area contributed by atoms with Gasteiger partial charge in [-0.1, -0.05) is 50.4 Å². The average molecular weight is 298 g/mol. The van der Waals surface area contributed by atoms with E-state index in [1.54, 1.807) is 0 Å². The van der Waals surface area contributed by atoms with Gasteiger partial charge in [0, 0.05) is 11.6 Å². The quantitative estimate of drug-likeness (QED) is 0.678. The van der Waals surface area contributed by atoms with E-state index < -0.39 is 6.10 Å². The molecule has 0 bridgehead atoms. The predicted octanol–water partition coefficient (Wildman–Crippen LogP) is 4.67. The number of unbranched alkanes of at least 4 members (excludes halogenated alkanes) is 2. The number of rotatable bonds is 10. The van der Waals surface area contributed by atoms with E-state index in [0.29, 0.717) is 5.02 Å². The van der Waals surface area contributed by atoms with Gasteiger partial charge in [-0.25, -0.2) is 0 Å². The fourth-order valence-electron chi connectivity index (χ4n) is 2.26. The van der Waals surface area contributed by atoms with Crippen LogP contribution in [0, 0.1) is 0 Å². The van der Waals surface area contributed by atoms with Crippen molar-refractivity contribution in [1.82, 2.24) is 4.90 Å². The van der Waals surface area contributed by atoms with Crippen LogP contribution in [0.1, 0.15) is 57.6 Å². The van der Waals surface area contributed by atoms with Gasteiger partial charge in [-0.05, 0) is 50.0 Å². The molecule has 1 N–H and O–H groups in total. The first-order valence-electron chi connectivity index (χ1n) is 7.83. The molecule has 0 spiro atoms. The summed E-state index contributed by atoms with van der Waals surface area (Å²) in [6.45, 7) is 7.69. The minimum Gasteiger partial charge on any atom is -0.388 e. The summed E-state index contributed by atoms with van der Waals surface area (Å²) in [6.07, 6.45) is 5.32. The largest absolute Gasteiger partial charge is 0.388 e. The van der Waals surface area contributed by atoms with E-state index in [4.69, 9.17) is 11.6 Å². The highest BCUT2D eigenvalue weighted by atomic mass is 35.5. The number of aliphatic hydroxyl groups excluding tert-OH is 1. The molecule has 2 nitrogen and oxygen atoms in total. The van der Waals surface area contributed by atoms with Gasteiger partial charge in [0.2, 0.25) is 0 Å². The highest BCUT2D eigenvalue weighted by Crippen LogP contribution is 2.19. The summed E-state index contributed by atoms with van der Waals surface area (Å²) in [5.74, 6) is 0. The van der Waals surface area contributed by atoms with Crippen LogP contribution in [-0.4, -0.2) is 29.6 Å². The number of aliphatic hydroxyl groups is 1. The first-order valence-corrected chi connectivity index (χ1v) is 8.21. The van der Waals surface area contributed by atoms with Gasteiger partial charge < -0.3 is 10.0 Å². The van der Waals surface area contributed by atoms with E-state index in [9.17, 15) is 5.11 Å². The summed E-state index contributed by atoms with van der Waals surface area (Å²) < 4.78 is 0. The van der Waals surface area contributed by atoms with Crippen LogP contribution in [-0.2, 0) is 0 Å². The molecule has 0 fully saturated rings. The summed E-state index contributed by atoms with van der Waals surface area (Å²) in [7, 11) is 0. The number of hydrogen-bond donors (Lipinski definition) is 1. The Morgan fingerprint density at radius 1 is 1.00 bits per heavy atom. The van der Waals surface area contributed by atoms with Crippen LogP contribution in [0.4, 0.5) is 0 Å². The van der Waals surface area contributed by atoms with Gasteiger partial charge >= 0.3 is 0 Å². The maximum Gasteiger partial charge on any atom is 0.0802 e. The SMILES string of the molecule is CCCCN(CCCC)CCC(O)c1ccc(Cl)cc1. The van der Waals surface area contributed by atoms with Gasteiger partial charge in [0.05, 0.1) is 6.10 Å². The fourth-order valence-corrected chi connectivity index (χ4v) is 2.38. The Morgan fingerprint density at radius 2 is 1.55 bits per heavy atom. The zero-order valence-corrected chi connectivity index (χ0v) is 13.6. The second-order valence-corrected chi connectivity index (χ2v) is 5.84. The highest BCUT2D eigenvalue weighted by molar-refractivity contribution is 6.30. The molecule has 1 rings (SSSR count). The molecule has 1 atom stereocenters. The Labute approximate surface area is 128 Å². The van der Waals surface area contributed by atoms with Crippen molar-refractivity contribution in [2.24, 2.45) is 0 Å². The number of hydrogen-bond acceptors (Lipinski definition) is 2. The Balaban J connectivity index is 2.41. The van der Waals surface area contributed by atoms with Gasteiger partial charge in [-0.3, -0.25) is 0 Å². The van der Waals surface area contributed by atoms with Crippen molar-refractivity contribution < 1.29 is 5.11 Å². The molecule has 0 saturated carbocycles. The predicted molar refractivity (Wildman–Crippen MR) is 87.3 cm³/mol. The molecule has 0 amide bonds. The lowest BCUT2D eigenvalue weighted by atomic mass is 10.1. The van der Waals surface area contributed by atoms with E-state index in [0.717, 1.165) is 31.6 Å². The molecule has 0 aromatic heterocycles. The molecule has 0 radical (unpaired) electrons. The molecule has 1 aromatic carbocycles. The monoisotopic (exact) mass is 297 g/mol. The van der Waals surface area contributed by atoms with E-state index >= 15 is 0 Å². The first kappa shape index (κ1) is 17.5. The van der Waals surface area contributed by atoms with Crippen molar-refractivity contribution in [3.05, 3.63) is 34.9 Å². The molecular formula is C17H28ClNO. The Morgan fingerprint density at radius 3 is 2.05 bits per heavy atom. The van der Waals surface area contributed by atoms with Crippen molar-refractivity contribution in [2.75, 3.05) is 19.6 Å². The fraction of sp³-hybridized carbons (Fsp3) is 0.647. The van der Waals surface area contributed by atoms with Crippen LogP contribution in [0.5, 0.6) is 0 Å². The maximum atomic E-state index is 10.2. The summed E-state index contributed by atoms with van der Waals surface area (Å²) in [5, 5.41) is 11.0. The molecular weight excluding hydrogens is 270 g/mol. The Hall–Kier alpha value is -0.570. The van der Waals surface area contributed by atoms with Gasteiger partial charge in [0.25, 0.3) is 0 Å². The summed E-state index contributed by atoms with van der Waals surface area (Å²) >= 11 is 5.87. The minimum absolute atomic E-state index is 0.391. The zero-order valence-electron chi connectivity index (χ0n) is 12.8. The number of halogens is 1. The van der Waals surface area contributed by atoms with Crippen molar-refractivity contribution in [3.63, 3.8) is 0 Å². The Kier molecular flexibility index (Phi) is 8.92. The summed E-state index contributed by atoms with van der Waals surface area (Å²) in [5.41, 5.74) is 0.959. The molecule has 0 aliphatic carbocycles. The summed E-state index contributed by atoms with van der Waals surface area (Å²) in [6, 6.07) is 7.50. The Bertz CT molecular complexity index is 345. The standard InChI is InChI=1S/C17H28ClNO/c1-3-5-12-19(13-6-4-2)14-11-17(20)15-7-9-16(18)10-8-15/h7-10,17,20H,3-6,11-14H2,1-2H3. The van der Waals surface area contributed by atoms with Crippen molar-refractivity contribution in [1.29, 1.82) is 0 Å². The molecule has 0 saturated heterocycles. The smallest absolute Gasteiger partial charge is 0.0802 e. The number of benzene rings is 1. The molecule has 1 aromatic rings. The van der Waals surface area contributed by atoms with Crippen molar-refractivity contribution in [3.8, 4) is 0 Å². The molecule has 0 aliphatic rings. The second kappa shape index (κ2) is 10.2. The second-order valence-electron chi connectivity index (χ2n) is 5.40. The third kappa shape index (κ3) is 6.74.